The van der Waals surface area contributed by atoms with Crippen molar-refractivity contribution in [1.29, 1.82) is 0 Å². The summed E-state index contributed by atoms with van der Waals surface area (Å²) in [5.41, 5.74) is 4.94. The zero-order valence-electron chi connectivity index (χ0n) is 12.9. The van der Waals surface area contributed by atoms with E-state index in [1.54, 1.807) is 0 Å². The van der Waals surface area contributed by atoms with Gasteiger partial charge in [0.2, 0.25) is 5.91 Å². The highest BCUT2D eigenvalue weighted by Gasteiger charge is 2.29. The minimum Gasteiger partial charge on any atom is -0.368 e. The minimum absolute atomic E-state index is 0.239. The van der Waals surface area contributed by atoms with Crippen molar-refractivity contribution in [1.82, 2.24) is 10.2 Å². The third-order valence-corrected chi connectivity index (χ3v) is 4.37. The number of nitrogens with two attached hydrogens (primary N) is 1. The van der Waals surface area contributed by atoms with Crippen molar-refractivity contribution in [3.05, 3.63) is 0 Å². The predicted molar refractivity (Wildman–Crippen MR) is 80.0 cm³/mol. The Bertz CT molecular complexity index is 279. The fraction of sp³-hybridized carbons (Fsp3) is 0.933. The van der Waals surface area contributed by atoms with Gasteiger partial charge in [-0.3, -0.25) is 4.79 Å². The van der Waals surface area contributed by atoms with Crippen LogP contribution in [-0.2, 0) is 4.79 Å². The van der Waals surface area contributed by atoms with Crippen LogP contribution >= 0.6 is 0 Å². The first-order valence-electron chi connectivity index (χ1n) is 7.71. The fourth-order valence-corrected chi connectivity index (χ4v) is 2.76. The Hall–Kier alpha value is -0.610. The van der Waals surface area contributed by atoms with E-state index in [0.717, 1.165) is 38.3 Å². The summed E-state index contributed by atoms with van der Waals surface area (Å²) >= 11 is 0. The molecule has 0 heterocycles. The van der Waals surface area contributed by atoms with Crippen LogP contribution in [0.25, 0.3) is 0 Å². The Morgan fingerprint density at radius 3 is 2.58 bits per heavy atom. The van der Waals surface area contributed by atoms with E-state index in [0.29, 0.717) is 0 Å². The lowest BCUT2D eigenvalue weighted by atomic mass is 9.85. The van der Waals surface area contributed by atoms with E-state index in [9.17, 15) is 4.79 Å². The first kappa shape index (κ1) is 16.4. The highest BCUT2D eigenvalue weighted by molar-refractivity contribution is 5.84. The zero-order chi connectivity index (χ0) is 14.3. The Morgan fingerprint density at radius 2 is 2.11 bits per heavy atom. The number of nitrogens with one attached hydrogen (secondary N) is 1. The van der Waals surface area contributed by atoms with Gasteiger partial charge in [-0.1, -0.05) is 13.3 Å². The summed E-state index contributed by atoms with van der Waals surface area (Å²) in [5, 5.41) is 3.21. The Morgan fingerprint density at radius 1 is 1.42 bits per heavy atom. The summed E-state index contributed by atoms with van der Waals surface area (Å²) in [6.07, 6.45) is 7.24. The molecular formula is C15H31N3O. The lowest BCUT2D eigenvalue weighted by Gasteiger charge is -2.30. The van der Waals surface area contributed by atoms with Gasteiger partial charge in [0.05, 0.1) is 5.54 Å². The van der Waals surface area contributed by atoms with Crippen LogP contribution in [0.2, 0.25) is 0 Å². The maximum atomic E-state index is 11.5. The summed E-state index contributed by atoms with van der Waals surface area (Å²) < 4.78 is 0. The highest BCUT2D eigenvalue weighted by atomic mass is 16.1. The van der Waals surface area contributed by atoms with Crippen molar-refractivity contribution in [2.45, 2.75) is 57.9 Å². The molecule has 0 aromatic heterocycles. The van der Waals surface area contributed by atoms with E-state index in [1.165, 1.54) is 25.8 Å². The number of likely N-dealkylation sites (N-methyl/N-ethyl adjacent to an activating group) is 1. The van der Waals surface area contributed by atoms with Gasteiger partial charge in [0.1, 0.15) is 0 Å². The molecule has 1 unspecified atom stereocenters. The van der Waals surface area contributed by atoms with Crippen molar-refractivity contribution >= 4 is 5.91 Å². The molecule has 1 atom stereocenters. The quantitative estimate of drug-likeness (QED) is 0.594. The first-order valence-corrected chi connectivity index (χ1v) is 7.71. The highest BCUT2D eigenvalue weighted by Crippen LogP contribution is 2.26. The van der Waals surface area contributed by atoms with Crippen molar-refractivity contribution in [2.24, 2.45) is 11.7 Å². The third-order valence-electron chi connectivity index (χ3n) is 4.37. The molecule has 1 aliphatic carbocycles. The molecular weight excluding hydrogens is 238 g/mol. The van der Waals surface area contributed by atoms with Crippen molar-refractivity contribution < 1.29 is 4.79 Å². The molecule has 0 spiro atoms. The van der Waals surface area contributed by atoms with Gasteiger partial charge in [0.15, 0.2) is 0 Å². The molecule has 0 radical (unpaired) electrons. The molecule has 19 heavy (non-hydrogen) atoms. The van der Waals surface area contributed by atoms with Gasteiger partial charge in [0, 0.05) is 6.54 Å². The summed E-state index contributed by atoms with van der Waals surface area (Å²) in [6.45, 7) is 7.06. The van der Waals surface area contributed by atoms with E-state index < -0.39 is 5.54 Å². The first-order chi connectivity index (χ1) is 8.98. The number of rotatable bonds is 10. The van der Waals surface area contributed by atoms with Crippen LogP contribution in [0.5, 0.6) is 0 Å². The van der Waals surface area contributed by atoms with E-state index >= 15 is 0 Å². The normalized spacial score (nSPS) is 19.2. The van der Waals surface area contributed by atoms with Crippen LogP contribution in [0.4, 0.5) is 0 Å². The van der Waals surface area contributed by atoms with Gasteiger partial charge in [-0.15, -0.1) is 0 Å². The number of carbonyl (C=O) groups excluding carboxylic acids is 1. The molecule has 0 bridgehead atoms. The Kier molecular flexibility index (Phi) is 6.80. The number of hydrogen-bond donors (Lipinski definition) is 2. The second kappa shape index (κ2) is 7.85. The smallest absolute Gasteiger partial charge is 0.237 e. The van der Waals surface area contributed by atoms with Gasteiger partial charge < -0.3 is 16.0 Å². The molecule has 1 rings (SSSR count). The monoisotopic (exact) mass is 269 g/mol. The third kappa shape index (κ3) is 5.49. The summed E-state index contributed by atoms with van der Waals surface area (Å²) in [7, 11) is 2.20. The maximum absolute atomic E-state index is 11.5. The van der Waals surface area contributed by atoms with Crippen LogP contribution in [-0.4, -0.2) is 43.0 Å². The maximum Gasteiger partial charge on any atom is 0.237 e. The SMILES string of the molecule is CCNC(C)(CCCCN(C)CC1CCC1)C(N)=O. The molecule has 0 saturated heterocycles. The van der Waals surface area contributed by atoms with E-state index in [-0.39, 0.29) is 5.91 Å². The number of primary amides is 1. The second-order valence-corrected chi connectivity index (χ2v) is 6.24. The molecule has 1 saturated carbocycles. The van der Waals surface area contributed by atoms with Crippen molar-refractivity contribution in [3.63, 3.8) is 0 Å². The second-order valence-electron chi connectivity index (χ2n) is 6.24. The zero-order valence-corrected chi connectivity index (χ0v) is 12.9. The van der Waals surface area contributed by atoms with Crippen LogP contribution in [0.1, 0.15) is 52.4 Å². The summed E-state index contributed by atoms with van der Waals surface area (Å²) in [6, 6.07) is 0. The Balaban J connectivity index is 2.15. The number of hydrogen-bond acceptors (Lipinski definition) is 3. The molecule has 1 aliphatic rings. The molecule has 3 N–H and O–H groups in total. The summed E-state index contributed by atoms with van der Waals surface area (Å²) in [4.78, 5) is 13.9. The topological polar surface area (TPSA) is 58.4 Å². The van der Waals surface area contributed by atoms with Gasteiger partial charge in [-0.25, -0.2) is 0 Å². The molecule has 1 fully saturated rings. The molecule has 4 nitrogen and oxygen atoms in total. The number of nitrogens with zero attached hydrogens (tertiary/aromatic N) is 1. The molecule has 1 amide bonds. The van der Waals surface area contributed by atoms with Crippen LogP contribution in [0, 0.1) is 5.92 Å². The molecule has 0 aromatic carbocycles. The van der Waals surface area contributed by atoms with Crippen molar-refractivity contribution in [3.8, 4) is 0 Å². The lowest BCUT2D eigenvalue weighted by Crippen LogP contribution is -2.53. The van der Waals surface area contributed by atoms with E-state index in [4.69, 9.17) is 5.73 Å². The predicted octanol–water partition coefficient (Wildman–Crippen LogP) is 1.74. The fourth-order valence-electron chi connectivity index (χ4n) is 2.76. The Labute approximate surface area is 118 Å². The average molecular weight is 269 g/mol. The van der Waals surface area contributed by atoms with Crippen LogP contribution < -0.4 is 11.1 Å². The minimum atomic E-state index is -0.540. The number of unbranched alkanes of at least 4 members (excludes halogenated alkanes) is 1. The van der Waals surface area contributed by atoms with Crippen molar-refractivity contribution in [2.75, 3.05) is 26.7 Å². The molecule has 0 aliphatic heterocycles. The lowest BCUT2D eigenvalue weighted by molar-refractivity contribution is -0.124. The largest absolute Gasteiger partial charge is 0.368 e. The van der Waals surface area contributed by atoms with Gasteiger partial charge in [-0.05, 0) is 65.1 Å². The standard InChI is InChI=1S/C15H31N3O/c1-4-17-15(2,14(16)19)10-5-6-11-18(3)12-13-8-7-9-13/h13,17H,4-12H2,1-3H3,(H2,16,19). The average Bonchev–Trinajstić information content (AvgIpc) is 2.30. The van der Waals surface area contributed by atoms with Gasteiger partial charge >= 0.3 is 0 Å². The molecule has 4 heteroatoms. The summed E-state index contributed by atoms with van der Waals surface area (Å²) in [5.74, 6) is 0.694. The van der Waals surface area contributed by atoms with Crippen LogP contribution in [0.3, 0.4) is 0 Å². The molecule has 0 aromatic rings. The van der Waals surface area contributed by atoms with Crippen LogP contribution in [0.15, 0.2) is 0 Å². The molecule has 112 valence electrons. The van der Waals surface area contributed by atoms with Gasteiger partial charge in [-0.2, -0.15) is 0 Å². The van der Waals surface area contributed by atoms with E-state index in [1.807, 2.05) is 13.8 Å². The number of carbonyl (C=O) groups is 1. The van der Waals surface area contributed by atoms with E-state index in [2.05, 4.69) is 17.3 Å². The number of amides is 1. The van der Waals surface area contributed by atoms with Gasteiger partial charge in [0.25, 0.3) is 0 Å².